The molecule has 0 aliphatic rings. The molecule has 22 heavy (non-hydrogen) atoms. The van der Waals surface area contributed by atoms with Gasteiger partial charge in [0.25, 0.3) is 0 Å². The molecule has 0 saturated carbocycles. The molecule has 0 amide bonds. The largest absolute Gasteiger partial charge is 0.476 e. The van der Waals surface area contributed by atoms with Gasteiger partial charge >= 0.3 is 7.82 Å². The van der Waals surface area contributed by atoms with Gasteiger partial charge in [-0.05, 0) is 11.1 Å². The van der Waals surface area contributed by atoms with Gasteiger partial charge in [-0.25, -0.2) is 4.57 Å². The van der Waals surface area contributed by atoms with Gasteiger partial charge in [0.1, 0.15) is 6.61 Å². The molecule has 0 spiro atoms. The summed E-state index contributed by atoms with van der Waals surface area (Å²) in [5.41, 5.74) is 1.74. The average Bonchev–Trinajstić information content (AvgIpc) is 2.59. The standard InChI is InChI=1S/C17H17O4P/c1-2-13-19-22(18,20-14-16-9-5-3-6-10-16)21-15-17-11-7-4-8-12-17/h1,3-12H,13-15H2. The second-order valence-electron chi connectivity index (χ2n) is 4.44. The van der Waals surface area contributed by atoms with E-state index in [1.54, 1.807) is 0 Å². The van der Waals surface area contributed by atoms with E-state index in [2.05, 4.69) is 5.92 Å². The summed E-state index contributed by atoms with van der Waals surface area (Å²) < 4.78 is 28.4. The van der Waals surface area contributed by atoms with Crippen molar-refractivity contribution in [2.45, 2.75) is 13.2 Å². The predicted octanol–water partition coefficient (Wildman–Crippen LogP) is 4.18. The van der Waals surface area contributed by atoms with E-state index in [1.807, 2.05) is 60.7 Å². The van der Waals surface area contributed by atoms with Crippen molar-refractivity contribution in [2.24, 2.45) is 0 Å². The third kappa shape index (κ3) is 5.48. The molecular weight excluding hydrogens is 299 g/mol. The molecule has 2 rings (SSSR count). The summed E-state index contributed by atoms with van der Waals surface area (Å²) >= 11 is 0. The highest BCUT2D eigenvalue weighted by molar-refractivity contribution is 7.48. The fraction of sp³-hybridized carbons (Fsp3) is 0.176. The number of phosphoric ester groups is 1. The van der Waals surface area contributed by atoms with Crippen molar-refractivity contribution in [3.8, 4) is 12.3 Å². The second kappa shape index (κ2) is 8.53. The monoisotopic (exact) mass is 316 g/mol. The lowest BCUT2D eigenvalue weighted by Gasteiger charge is -2.17. The quantitative estimate of drug-likeness (QED) is 0.541. The molecule has 2 aromatic rings. The molecule has 0 fully saturated rings. The highest BCUT2D eigenvalue weighted by Gasteiger charge is 2.26. The predicted molar refractivity (Wildman–Crippen MR) is 84.9 cm³/mol. The Morgan fingerprint density at radius 2 is 1.27 bits per heavy atom. The number of hydrogen-bond donors (Lipinski definition) is 0. The lowest BCUT2D eigenvalue weighted by Crippen LogP contribution is -2.01. The van der Waals surface area contributed by atoms with Crippen LogP contribution in [0.5, 0.6) is 0 Å². The Balaban J connectivity index is 1.97. The molecule has 114 valence electrons. The summed E-state index contributed by atoms with van der Waals surface area (Å²) in [5.74, 6) is 2.27. The molecule has 0 saturated heterocycles. The molecule has 0 aromatic heterocycles. The van der Waals surface area contributed by atoms with Crippen LogP contribution < -0.4 is 0 Å². The summed E-state index contributed by atoms with van der Waals surface area (Å²) in [6, 6.07) is 18.7. The number of rotatable bonds is 8. The zero-order valence-electron chi connectivity index (χ0n) is 12.1. The Morgan fingerprint density at radius 3 is 1.68 bits per heavy atom. The molecule has 0 aliphatic heterocycles. The Morgan fingerprint density at radius 1 is 0.818 bits per heavy atom. The Kier molecular flexibility index (Phi) is 6.39. The van der Waals surface area contributed by atoms with Gasteiger partial charge in [0, 0.05) is 0 Å². The lowest BCUT2D eigenvalue weighted by atomic mass is 10.2. The number of hydrogen-bond acceptors (Lipinski definition) is 4. The first-order valence-electron chi connectivity index (χ1n) is 6.77. The Labute approximate surface area is 130 Å². The van der Waals surface area contributed by atoms with Gasteiger partial charge in [-0.15, -0.1) is 6.42 Å². The van der Waals surface area contributed by atoms with Gasteiger partial charge in [0.2, 0.25) is 0 Å². The molecule has 0 radical (unpaired) electrons. The van der Waals surface area contributed by atoms with Crippen LogP contribution >= 0.6 is 7.82 Å². The minimum Gasteiger partial charge on any atom is -0.282 e. The topological polar surface area (TPSA) is 44.8 Å². The molecule has 0 heterocycles. The third-order valence-corrected chi connectivity index (χ3v) is 4.11. The van der Waals surface area contributed by atoms with E-state index >= 15 is 0 Å². The van der Waals surface area contributed by atoms with Crippen LogP contribution in [-0.4, -0.2) is 6.61 Å². The SMILES string of the molecule is C#CCOP(=O)(OCc1ccccc1)OCc1ccccc1. The van der Waals surface area contributed by atoms with E-state index in [9.17, 15) is 4.57 Å². The van der Waals surface area contributed by atoms with Crippen molar-refractivity contribution in [2.75, 3.05) is 6.61 Å². The highest BCUT2D eigenvalue weighted by atomic mass is 31.2. The van der Waals surface area contributed by atoms with Crippen LogP contribution in [0.15, 0.2) is 60.7 Å². The van der Waals surface area contributed by atoms with Gasteiger partial charge in [0.15, 0.2) is 0 Å². The molecule has 0 bridgehead atoms. The van der Waals surface area contributed by atoms with Gasteiger partial charge in [-0.2, -0.15) is 0 Å². The Hall–Kier alpha value is -1.89. The van der Waals surface area contributed by atoms with Gasteiger partial charge in [-0.3, -0.25) is 13.6 Å². The first kappa shape index (κ1) is 16.5. The van der Waals surface area contributed by atoms with Gasteiger partial charge < -0.3 is 0 Å². The highest BCUT2D eigenvalue weighted by Crippen LogP contribution is 2.50. The molecule has 2 aromatic carbocycles. The maximum atomic E-state index is 12.6. The first-order valence-corrected chi connectivity index (χ1v) is 8.23. The van der Waals surface area contributed by atoms with Crippen LogP contribution in [0, 0.1) is 12.3 Å². The normalized spacial score (nSPS) is 11.0. The maximum absolute atomic E-state index is 12.6. The van der Waals surface area contributed by atoms with Crippen molar-refractivity contribution in [1.29, 1.82) is 0 Å². The van der Waals surface area contributed by atoms with Crippen molar-refractivity contribution in [3.05, 3.63) is 71.8 Å². The van der Waals surface area contributed by atoms with E-state index in [1.165, 1.54) is 0 Å². The molecule has 5 heteroatoms. The molecule has 0 aliphatic carbocycles. The molecule has 0 N–H and O–H groups in total. The fourth-order valence-electron chi connectivity index (χ4n) is 1.68. The van der Waals surface area contributed by atoms with Crippen LogP contribution in [0.1, 0.15) is 11.1 Å². The van der Waals surface area contributed by atoms with E-state index in [0.717, 1.165) is 11.1 Å². The molecular formula is C17H17O4P. The summed E-state index contributed by atoms with van der Waals surface area (Å²) in [4.78, 5) is 0. The third-order valence-electron chi connectivity index (χ3n) is 2.77. The van der Waals surface area contributed by atoms with Crippen molar-refractivity contribution in [3.63, 3.8) is 0 Å². The van der Waals surface area contributed by atoms with Crippen LogP contribution in [0.2, 0.25) is 0 Å². The fourth-order valence-corrected chi connectivity index (χ4v) is 2.75. The maximum Gasteiger partial charge on any atom is 0.476 e. The average molecular weight is 316 g/mol. The Bertz CT molecular complexity index is 602. The zero-order chi connectivity index (χ0) is 15.7. The van der Waals surface area contributed by atoms with Crippen LogP contribution in [0.25, 0.3) is 0 Å². The second-order valence-corrected chi connectivity index (χ2v) is 6.11. The van der Waals surface area contributed by atoms with Gasteiger partial charge in [-0.1, -0.05) is 66.6 Å². The molecule has 4 nitrogen and oxygen atoms in total. The lowest BCUT2D eigenvalue weighted by molar-refractivity contribution is 0.112. The number of terminal acetylenes is 1. The van der Waals surface area contributed by atoms with Crippen LogP contribution in [0.4, 0.5) is 0 Å². The van der Waals surface area contributed by atoms with E-state index in [-0.39, 0.29) is 19.8 Å². The van der Waals surface area contributed by atoms with Crippen molar-refractivity contribution < 1.29 is 18.1 Å². The molecule has 0 atom stereocenters. The summed E-state index contributed by atoms with van der Waals surface area (Å²) in [5, 5.41) is 0. The molecule has 0 unspecified atom stereocenters. The smallest absolute Gasteiger partial charge is 0.282 e. The van der Waals surface area contributed by atoms with Crippen LogP contribution in [0.3, 0.4) is 0 Å². The summed E-state index contributed by atoms with van der Waals surface area (Å²) in [7, 11) is -3.71. The zero-order valence-corrected chi connectivity index (χ0v) is 12.9. The van der Waals surface area contributed by atoms with Gasteiger partial charge in [0.05, 0.1) is 13.2 Å². The number of benzene rings is 2. The minimum absolute atomic E-state index is 0.122. The van der Waals surface area contributed by atoms with E-state index in [0.29, 0.717) is 0 Å². The van der Waals surface area contributed by atoms with E-state index in [4.69, 9.17) is 20.0 Å². The summed E-state index contributed by atoms with van der Waals surface area (Å²) in [6.45, 7) is 0.107. The van der Waals surface area contributed by atoms with E-state index < -0.39 is 7.82 Å². The summed E-state index contributed by atoms with van der Waals surface area (Å²) in [6.07, 6.45) is 5.14. The number of phosphoric acid groups is 1. The minimum atomic E-state index is -3.71. The first-order chi connectivity index (χ1) is 10.7. The van der Waals surface area contributed by atoms with Crippen molar-refractivity contribution in [1.82, 2.24) is 0 Å². The van der Waals surface area contributed by atoms with Crippen molar-refractivity contribution >= 4 is 7.82 Å². The van der Waals surface area contributed by atoms with Crippen LogP contribution in [-0.2, 0) is 31.4 Å².